The highest BCUT2D eigenvalue weighted by molar-refractivity contribution is 5.96. The van der Waals surface area contributed by atoms with Crippen LogP contribution in [0, 0.1) is 0 Å². The van der Waals surface area contributed by atoms with E-state index in [0.29, 0.717) is 24.5 Å². The quantitative estimate of drug-likeness (QED) is 0.808. The summed E-state index contributed by atoms with van der Waals surface area (Å²) in [6.07, 6.45) is 1.76. The molecule has 26 heavy (non-hydrogen) atoms. The third kappa shape index (κ3) is 4.08. The van der Waals surface area contributed by atoms with Gasteiger partial charge in [0.15, 0.2) is 0 Å². The molecule has 7 heteroatoms. The molecule has 0 aliphatic carbocycles. The van der Waals surface area contributed by atoms with Gasteiger partial charge < -0.3 is 20.5 Å². The van der Waals surface area contributed by atoms with E-state index in [1.165, 1.54) is 6.07 Å². The molecule has 1 amide bonds. The zero-order valence-electron chi connectivity index (χ0n) is 14.2. The Morgan fingerprint density at radius 3 is 2.58 bits per heavy atom. The lowest BCUT2D eigenvalue weighted by molar-refractivity contribution is 0.0692. The SMILES string of the molecule is Cl.NC(=O)c1cccc2c1CCCN2CCOc1ccccc1C(=O)O. The van der Waals surface area contributed by atoms with E-state index in [1.807, 2.05) is 12.1 Å². The molecule has 0 fully saturated rings. The molecule has 0 saturated heterocycles. The molecule has 0 atom stereocenters. The Labute approximate surface area is 158 Å². The molecule has 138 valence electrons. The van der Waals surface area contributed by atoms with Gasteiger partial charge in [-0.25, -0.2) is 4.79 Å². The fourth-order valence-corrected chi connectivity index (χ4v) is 3.20. The number of carbonyl (C=O) groups is 2. The molecular formula is C19H21ClN2O4. The second-order valence-corrected chi connectivity index (χ2v) is 5.91. The van der Waals surface area contributed by atoms with Gasteiger partial charge in [0, 0.05) is 17.8 Å². The number of halogens is 1. The number of aromatic carboxylic acids is 1. The minimum Gasteiger partial charge on any atom is -0.491 e. The number of carboxylic acids is 1. The molecule has 2 aromatic rings. The lowest BCUT2D eigenvalue weighted by Crippen LogP contribution is -2.34. The number of carbonyl (C=O) groups excluding carboxylic acids is 1. The van der Waals surface area contributed by atoms with Gasteiger partial charge in [0.05, 0.1) is 6.54 Å². The van der Waals surface area contributed by atoms with Gasteiger partial charge in [-0.3, -0.25) is 4.79 Å². The van der Waals surface area contributed by atoms with Gasteiger partial charge >= 0.3 is 5.97 Å². The minimum absolute atomic E-state index is 0. The van der Waals surface area contributed by atoms with E-state index < -0.39 is 11.9 Å². The Morgan fingerprint density at radius 2 is 1.85 bits per heavy atom. The average Bonchev–Trinajstić information content (AvgIpc) is 2.61. The Hall–Kier alpha value is -2.73. The van der Waals surface area contributed by atoms with E-state index in [0.717, 1.165) is 30.6 Å². The number of nitrogens with two attached hydrogens (primary N) is 1. The maximum absolute atomic E-state index is 11.6. The van der Waals surface area contributed by atoms with Crippen molar-refractivity contribution in [2.24, 2.45) is 5.73 Å². The third-order valence-electron chi connectivity index (χ3n) is 4.35. The topological polar surface area (TPSA) is 92.9 Å². The van der Waals surface area contributed by atoms with E-state index in [-0.39, 0.29) is 18.0 Å². The van der Waals surface area contributed by atoms with E-state index in [4.69, 9.17) is 10.5 Å². The Bertz CT molecular complexity index is 810. The number of benzene rings is 2. The average molecular weight is 377 g/mol. The molecule has 0 saturated carbocycles. The van der Waals surface area contributed by atoms with Crippen molar-refractivity contribution < 1.29 is 19.4 Å². The second-order valence-electron chi connectivity index (χ2n) is 5.91. The molecule has 3 N–H and O–H groups in total. The number of primary amides is 1. The lowest BCUT2D eigenvalue weighted by atomic mass is 9.96. The molecule has 0 unspecified atom stereocenters. The van der Waals surface area contributed by atoms with Gasteiger partial charge in [-0.05, 0) is 42.7 Å². The summed E-state index contributed by atoms with van der Waals surface area (Å²) in [4.78, 5) is 25.0. The lowest BCUT2D eigenvalue weighted by Gasteiger charge is -2.32. The second kappa shape index (κ2) is 8.58. The molecule has 6 nitrogen and oxygen atoms in total. The van der Waals surface area contributed by atoms with Gasteiger partial charge in [-0.15, -0.1) is 12.4 Å². The molecule has 1 aliphatic rings. The van der Waals surface area contributed by atoms with Gasteiger partial charge in [-0.2, -0.15) is 0 Å². The summed E-state index contributed by atoms with van der Waals surface area (Å²) in [5.74, 6) is -1.06. The molecule has 1 heterocycles. The van der Waals surface area contributed by atoms with E-state index in [1.54, 1.807) is 24.3 Å². The Balaban J connectivity index is 0.00000243. The highest BCUT2D eigenvalue weighted by Gasteiger charge is 2.21. The van der Waals surface area contributed by atoms with Crippen LogP contribution < -0.4 is 15.4 Å². The number of anilines is 1. The summed E-state index contributed by atoms with van der Waals surface area (Å²) in [6.45, 7) is 1.81. The predicted octanol–water partition coefficient (Wildman–Crippen LogP) is 2.74. The van der Waals surface area contributed by atoms with Gasteiger partial charge in [-0.1, -0.05) is 18.2 Å². The van der Waals surface area contributed by atoms with Crippen molar-refractivity contribution in [1.29, 1.82) is 0 Å². The van der Waals surface area contributed by atoms with Crippen LogP contribution in [0.4, 0.5) is 5.69 Å². The van der Waals surface area contributed by atoms with Crippen molar-refractivity contribution in [2.75, 3.05) is 24.6 Å². The summed E-state index contributed by atoms with van der Waals surface area (Å²) < 4.78 is 5.68. The van der Waals surface area contributed by atoms with Crippen molar-refractivity contribution in [3.8, 4) is 5.75 Å². The van der Waals surface area contributed by atoms with Crippen LogP contribution in [-0.2, 0) is 6.42 Å². The third-order valence-corrected chi connectivity index (χ3v) is 4.35. The van der Waals surface area contributed by atoms with E-state index >= 15 is 0 Å². The number of hydrogen-bond donors (Lipinski definition) is 2. The number of hydrogen-bond acceptors (Lipinski definition) is 4. The first-order chi connectivity index (χ1) is 12.1. The van der Waals surface area contributed by atoms with Crippen LogP contribution in [0.1, 0.15) is 32.7 Å². The maximum Gasteiger partial charge on any atom is 0.339 e. The summed E-state index contributed by atoms with van der Waals surface area (Å²) in [5.41, 5.74) is 8.16. The number of para-hydroxylation sites is 1. The number of fused-ring (bicyclic) bond motifs is 1. The van der Waals surface area contributed by atoms with Crippen LogP contribution in [0.5, 0.6) is 5.75 Å². The molecule has 0 radical (unpaired) electrons. The van der Waals surface area contributed by atoms with Crippen LogP contribution in [0.2, 0.25) is 0 Å². The molecular weight excluding hydrogens is 356 g/mol. The first-order valence-electron chi connectivity index (χ1n) is 8.19. The van der Waals surface area contributed by atoms with Crippen LogP contribution in [-0.4, -0.2) is 36.7 Å². The van der Waals surface area contributed by atoms with Gasteiger partial charge in [0.2, 0.25) is 5.91 Å². The molecule has 1 aliphatic heterocycles. The van der Waals surface area contributed by atoms with Crippen LogP contribution in [0.3, 0.4) is 0 Å². The summed E-state index contributed by atoms with van der Waals surface area (Å²) in [6, 6.07) is 12.2. The fourth-order valence-electron chi connectivity index (χ4n) is 3.20. The molecule has 0 bridgehead atoms. The summed E-state index contributed by atoms with van der Waals surface area (Å²) in [5, 5.41) is 9.19. The van der Waals surface area contributed by atoms with Crippen molar-refractivity contribution in [3.63, 3.8) is 0 Å². The van der Waals surface area contributed by atoms with Gasteiger partial charge in [0.25, 0.3) is 0 Å². The summed E-state index contributed by atoms with van der Waals surface area (Å²) >= 11 is 0. The van der Waals surface area contributed by atoms with Crippen LogP contribution >= 0.6 is 12.4 Å². The smallest absolute Gasteiger partial charge is 0.339 e. The normalized spacial score (nSPS) is 12.7. The largest absolute Gasteiger partial charge is 0.491 e. The van der Waals surface area contributed by atoms with Crippen molar-refractivity contribution in [1.82, 2.24) is 0 Å². The highest BCUT2D eigenvalue weighted by atomic mass is 35.5. The number of nitrogens with zero attached hydrogens (tertiary/aromatic N) is 1. The zero-order chi connectivity index (χ0) is 17.8. The van der Waals surface area contributed by atoms with Crippen LogP contribution in [0.25, 0.3) is 0 Å². The van der Waals surface area contributed by atoms with E-state index in [9.17, 15) is 14.7 Å². The monoisotopic (exact) mass is 376 g/mol. The zero-order valence-corrected chi connectivity index (χ0v) is 15.0. The first-order valence-corrected chi connectivity index (χ1v) is 8.19. The fraction of sp³-hybridized carbons (Fsp3) is 0.263. The number of carboxylic acid groups (broad SMARTS) is 1. The molecule has 3 rings (SSSR count). The van der Waals surface area contributed by atoms with Gasteiger partial charge in [0.1, 0.15) is 17.9 Å². The first kappa shape index (κ1) is 19.6. The Kier molecular flexibility index (Phi) is 6.46. The number of rotatable bonds is 6. The van der Waals surface area contributed by atoms with Crippen molar-refractivity contribution in [3.05, 3.63) is 59.2 Å². The predicted molar refractivity (Wildman–Crippen MR) is 102 cm³/mol. The van der Waals surface area contributed by atoms with Crippen molar-refractivity contribution >= 4 is 30.0 Å². The maximum atomic E-state index is 11.6. The Morgan fingerprint density at radius 1 is 1.12 bits per heavy atom. The molecule has 0 aromatic heterocycles. The minimum atomic E-state index is -1.01. The number of ether oxygens (including phenoxy) is 1. The van der Waals surface area contributed by atoms with Crippen LogP contribution in [0.15, 0.2) is 42.5 Å². The van der Waals surface area contributed by atoms with E-state index in [2.05, 4.69) is 4.90 Å². The highest BCUT2D eigenvalue weighted by Crippen LogP contribution is 2.29. The van der Waals surface area contributed by atoms with Crippen molar-refractivity contribution in [2.45, 2.75) is 12.8 Å². The molecule has 2 aromatic carbocycles. The number of amides is 1. The summed E-state index contributed by atoms with van der Waals surface area (Å²) in [7, 11) is 0. The molecule has 0 spiro atoms. The standard InChI is InChI=1S/C19H20N2O4.ClH/c20-18(22)14-6-3-8-16-13(14)7-4-10-21(16)11-12-25-17-9-2-1-5-15(17)19(23)24;/h1-3,5-6,8-9H,4,7,10-12H2,(H2,20,22)(H,23,24);1H.